The summed E-state index contributed by atoms with van der Waals surface area (Å²) in [6.45, 7) is -3.55. The molecule has 0 bridgehead atoms. The monoisotopic (exact) mass is 987 g/mol. The average Bonchev–Trinajstić information content (AvgIpc) is 3.31. The first-order chi connectivity index (χ1) is 31.6. The molecule has 5 rings (SSSR count). The summed E-state index contributed by atoms with van der Waals surface area (Å²) in [5, 5.41) is 213. The number of aliphatic hydroxyl groups is 20. The molecular weight excluding hydrogens is 922 g/mol. The van der Waals surface area contributed by atoms with Gasteiger partial charge in [-0.15, -0.1) is 0 Å². The molecule has 30 nitrogen and oxygen atoms in total. The van der Waals surface area contributed by atoms with E-state index in [-0.39, 0.29) is 6.29 Å². The fraction of sp³-hybridized carbons (Fsp3) is 0.973. The Labute approximate surface area is 379 Å². The number of rotatable bonds is 19. The molecule has 0 spiro atoms. The summed E-state index contributed by atoms with van der Waals surface area (Å²) < 4.78 is 44.6. The molecule has 5 fully saturated rings. The van der Waals surface area contributed by atoms with Crippen molar-refractivity contribution >= 4 is 6.29 Å². The first-order valence-electron chi connectivity index (χ1n) is 21.3. The topological polar surface area (TPSA) is 508 Å². The highest BCUT2D eigenvalue weighted by molar-refractivity contribution is 5.56. The number of ether oxygens (including phenoxy) is 8. The quantitative estimate of drug-likeness (QED) is 0.0534. The van der Waals surface area contributed by atoms with E-state index in [1.807, 2.05) is 0 Å². The minimum absolute atomic E-state index is 0.119. The van der Waals surface area contributed by atoms with E-state index in [9.17, 15) is 107 Å². The van der Waals surface area contributed by atoms with Gasteiger partial charge in [0.25, 0.3) is 0 Å². The molecule has 5 aliphatic rings. The van der Waals surface area contributed by atoms with Gasteiger partial charge in [0.1, 0.15) is 122 Å². The normalized spacial score (nSPS) is 49.4. The fourth-order valence-electron chi connectivity index (χ4n) is 8.74. The van der Waals surface area contributed by atoms with Crippen molar-refractivity contribution in [3.8, 4) is 0 Å². The Kier molecular flexibility index (Phi) is 20.5. The second kappa shape index (κ2) is 24.3. The van der Waals surface area contributed by atoms with Gasteiger partial charge in [-0.25, -0.2) is 0 Å². The molecule has 0 radical (unpaired) electrons. The van der Waals surface area contributed by atoms with Crippen molar-refractivity contribution in [1.82, 2.24) is 5.32 Å². The highest BCUT2D eigenvalue weighted by Crippen LogP contribution is 2.36. The van der Waals surface area contributed by atoms with Gasteiger partial charge in [-0.1, -0.05) is 0 Å². The van der Waals surface area contributed by atoms with E-state index < -0.39 is 217 Å². The molecular formula is C37H65NO29. The molecule has 1 saturated carbocycles. The molecule has 0 aromatic rings. The predicted octanol–water partition coefficient (Wildman–Crippen LogP) is -14.0. The third-order valence-electron chi connectivity index (χ3n) is 12.8. The summed E-state index contributed by atoms with van der Waals surface area (Å²) in [6.07, 6.45) is -51.7. The lowest BCUT2D eigenvalue weighted by Crippen LogP contribution is -2.72. The van der Waals surface area contributed by atoms with Crippen LogP contribution in [-0.2, 0) is 42.7 Å². The van der Waals surface area contributed by atoms with E-state index in [4.69, 9.17) is 37.9 Å². The highest BCUT2D eigenvalue weighted by Gasteiger charge is 2.57. The maximum atomic E-state index is 11.2. The first kappa shape index (κ1) is 56.4. The number of carbonyl (C=O) groups excluding carboxylic acids is 1. The van der Waals surface area contributed by atoms with Gasteiger partial charge in [0.15, 0.2) is 31.4 Å². The number of carbonyl (C=O) groups is 1. The Balaban J connectivity index is 1.21. The Bertz CT molecular complexity index is 1510. The number of aliphatic hydroxyl groups excluding tert-OH is 20. The van der Waals surface area contributed by atoms with E-state index in [2.05, 4.69) is 5.32 Å². The van der Waals surface area contributed by atoms with Crippen LogP contribution in [0.25, 0.3) is 0 Å². The van der Waals surface area contributed by atoms with Crippen LogP contribution in [0.3, 0.4) is 0 Å². The third kappa shape index (κ3) is 11.7. The summed E-state index contributed by atoms with van der Waals surface area (Å²) >= 11 is 0. The van der Waals surface area contributed by atoms with Gasteiger partial charge in [0, 0.05) is 5.92 Å². The molecule has 0 amide bonds. The Morgan fingerprint density at radius 1 is 0.493 bits per heavy atom. The lowest BCUT2D eigenvalue weighted by Gasteiger charge is -2.50. The molecule has 0 aromatic heterocycles. The third-order valence-corrected chi connectivity index (χ3v) is 12.8. The second-order valence-corrected chi connectivity index (χ2v) is 17.1. The Hall–Kier alpha value is -1.49. The van der Waals surface area contributed by atoms with E-state index >= 15 is 0 Å². The molecule has 0 aromatic carbocycles. The summed E-state index contributed by atoms with van der Waals surface area (Å²) in [7, 11) is 0. The van der Waals surface area contributed by atoms with Crippen molar-refractivity contribution in [2.75, 3.05) is 33.0 Å². The Morgan fingerprint density at radius 2 is 0.896 bits per heavy atom. The van der Waals surface area contributed by atoms with Crippen LogP contribution in [-0.4, -0.2) is 319 Å². The van der Waals surface area contributed by atoms with Crippen molar-refractivity contribution in [1.29, 1.82) is 0 Å². The molecule has 30 unspecified atom stereocenters. The zero-order valence-corrected chi connectivity index (χ0v) is 35.6. The van der Waals surface area contributed by atoms with Crippen LogP contribution in [0.4, 0.5) is 0 Å². The van der Waals surface area contributed by atoms with E-state index in [1.165, 1.54) is 6.92 Å². The van der Waals surface area contributed by atoms with Crippen molar-refractivity contribution in [2.45, 2.75) is 185 Å². The predicted molar refractivity (Wildman–Crippen MR) is 206 cm³/mol. The van der Waals surface area contributed by atoms with Crippen molar-refractivity contribution in [2.24, 2.45) is 5.92 Å². The van der Waals surface area contributed by atoms with Crippen molar-refractivity contribution < 1.29 is 145 Å². The van der Waals surface area contributed by atoms with Crippen LogP contribution >= 0.6 is 0 Å². The van der Waals surface area contributed by atoms with Crippen LogP contribution in [0.2, 0.25) is 0 Å². The lowest BCUT2D eigenvalue weighted by atomic mass is 9.76. The van der Waals surface area contributed by atoms with E-state index in [1.54, 1.807) is 0 Å². The fourth-order valence-corrected chi connectivity index (χ4v) is 8.74. The number of hydrogen-bond donors (Lipinski definition) is 21. The largest absolute Gasteiger partial charge is 0.396 e. The summed E-state index contributed by atoms with van der Waals surface area (Å²) in [5.74, 6) is -1.31. The first-order valence-corrected chi connectivity index (χ1v) is 21.3. The SMILES string of the molecule is CC1OC(OC2C(CO)OC(OC3C(CO)OC(OC4C(CO)OC(OC(C(O)CO)C(O)C(O)C=O)C(O)C4O)C(O)C3O)C(O)C2O)C(O)C(O)C1NC1C(O)C(O)C(O)C(CO)C1O. The van der Waals surface area contributed by atoms with Gasteiger partial charge in [0.2, 0.25) is 0 Å². The van der Waals surface area contributed by atoms with E-state index in [0.717, 1.165) is 0 Å². The molecule has 1 aliphatic carbocycles. The zero-order chi connectivity index (χ0) is 49.9. The molecule has 30 heteroatoms. The second-order valence-electron chi connectivity index (χ2n) is 17.1. The molecule has 4 aliphatic heterocycles. The summed E-state index contributed by atoms with van der Waals surface area (Å²) in [5.41, 5.74) is 0. The molecule has 67 heavy (non-hydrogen) atoms. The van der Waals surface area contributed by atoms with Gasteiger partial charge in [-0.2, -0.15) is 0 Å². The maximum Gasteiger partial charge on any atom is 0.187 e. The van der Waals surface area contributed by atoms with Crippen LogP contribution in [0, 0.1) is 5.92 Å². The summed E-state index contributed by atoms with van der Waals surface area (Å²) in [6, 6.07) is -2.77. The van der Waals surface area contributed by atoms with Crippen LogP contribution in [0.1, 0.15) is 6.92 Å². The Morgan fingerprint density at radius 3 is 1.31 bits per heavy atom. The van der Waals surface area contributed by atoms with Crippen LogP contribution in [0.5, 0.6) is 0 Å². The number of aldehydes is 1. The molecule has 392 valence electrons. The molecule has 4 heterocycles. The molecule has 30 atom stereocenters. The maximum absolute atomic E-state index is 11.2. The number of hydrogen-bond acceptors (Lipinski definition) is 30. The zero-order valence-electron chi connectivity index (χ0n) is 35.6. The van der Waals surface area contributed by atoms with Gasteiger partial charge in [-0.05, 0) is 6.92 Å². The smallest absolute Gasteiger partial charge is 0.187 e. The molecule has 4 saturated heterocycles. The van der Waals surface area contributed by atoms with Gasteiger partial charge in [0.05, 0.1) is 63.4 Å². The minimum atomic E-state index is -2.19. The van der Waals surface area contributed by atoms with Crippen LogP contribution in [0.15, 0.2) is 0 Å². The van der Waals surface area contributed by atoms with Gasteiger partial charge >= 0.3 is 0 Å². The number of nitrogens with one attached hydrogen (secondary N) is 1. The average molecular weight is 988 g/mol. The van der Waals surface area contributed by atoms with Crippen LogP contribution < -0.4 is 5.32 Å². The van der Waals surface area contributed by atoms with Crippen molar-refractivity contribution in [3.63, 3.8) is 0 Å². The van der Waals surface area contributed by atoms with E-state index in [0.29, 0.717) is 0 Å². The lowest BCUT2D eigenvalue weighted by molar-refractivity contribution is -0.389. The van der Waals surface area contributed by atoms with Gasteiger partial charge < -0.3 is 150 Å². The van der Waals surface area contributed by atoms with Gasteiger partial charge in [-0.3, -0.25) is 0 Å². The minimum Gasteiger partial charge on any atom is -0.396 e. The summed E-state index contributed by atoms with van der Waals surface area (Å²) in [4.78, 5) is 11.0. The molecule has 21 N–H and O–H groups in total. The van der Waals surface area contributed by atoms with Crippen molar-refractivity contribution in [3.05, 3.63) is 0 Å². The standard InChI is InChI=1S/C37H65NO29/c1-8-15(38-16-17(47)9(2-39)18(48)22(52)21(16)51)20(50)26(56)34(60-8)65-31-12(5-42)62-36(28(58)24(31)54)67-33-14(7-44)63-37(29(59)25(33)55)66-32-13(6-43)61-35(27(57)23(32)53)64-30(11(46)4-41)19(49)10(45)3-40/h3,8-39,41-59H,2,4-7H2,1H3. The highest BCUT2D eigenvalue weighted by atomic mass is 16.8.